The summed E-state index contributed by atoms with van der Waals surface area (Å²) in [6, 6.07) is 13.7. The van der Waals surface area contributed by atoms with Crippen molar-refractivity contribution >= 4 is 0 Å². The Kier molecular flexibility index (Phi) is 4.34. The maximum Gasteiger partial charge on any atom is 0.167 e. The van der Waals surface area contributed by atoms with Crippen molar-refractivity contribution in [1.29, 1.82) is 5.26 Å². The van der Waals surface area contributed by atoms with Gasteiger partial charge in [-0.2, -0.15) is 5.26 Å². The van der Waals surface area contributed by atoms with Crippen molar-refractivity contribution in [3.8, 4) is 17.6 Å². The Morgan fingerprint density at radius 3 is 2.45 bits per heavy atom. The molecule has 2 rings (SSSR count). The quantitative estimate of drug-likeness (QED) is 0.919. The minimum Gasteiger partial charge on any atom is -0.454 e. The molecule has 0 aliphatic carbocycles. The van der Waals surface area contributed by atoms with Crippen LogP contribution < -0.4 is 10.1 Å². The monoisotopic (exact) mass is 270 g/mol. The highest BCUT2D eigenvalue weighted by molar-refractivity contribution is 5.39. The van der Waals surface area contributed by atoms with E-state index in [4.69, 9.17) is 10.00 Å². The molecule has 0 spiro atoms. The second-order valence-corrected chi connectivity index (χ2v) is 4.44. The molecule has 0 aliphatic heterocycles. The summed E-state index contributed by atoms with van der Waals surface area (Å²) in [6.07, 6.45) is 0. The van der Waals surface area contributed by atoms with Gasteiger partial charge in [0.25, 0.3) is 0 Å². The van der Waals surface area contributed by atoms with E-state index >= 15 is 0 Å². The van der Waals surface area contributed by atoms with Crippen LogP contribution in [-0.2, 0) is 0 Å². The highest BCUT2D eigenvalue weighted by Crippen LogP contribution is 2.26. The van der Waals surface area contributed by atoms with Crippen molar-refractivity contribution in [2.75, 3.05) is 7.05 Å². The maximum absolute atomic E-state index is 13.7. The van der Waals surface area contributed by atoms with E-state index in [1.54, 1.807) is 12.1 Å². The lowest BCUT2D eigenvalue weighted by atomic mass is 10.1. The van der Waals surface area contributed by atoms with Crippen molar-refractivity contribution in [2.24, 2.45) is 0 Å². The van der Waals surface area contributed by atoms with Gasteiger partial charge in [0, 0.05) is 6.04 Å². The van der Waals surface area contributed by atoms with Crippen LogP contribution in [0.15, 0.2) is 42.5 Å². The number of halogens is 1. The van der Waals surface area contributed by atoms with Gasteiger partial charge in [-0.25, -0.2) is 4.39 Å². The van der Waals surface area contributed by atoms with Crippen LogP contribution in [0.1, 0.15) is 24.1 Å². The summed E-state index contributed by atoms with van der Waals surface area (Å²) < 4.78 is 19.2. The molecule has 1 atom stereocenters. The Labute approximate surface area is 117 Å². The van der Waals surface area contributed by atoms with Crippen molar-refractivity contribution in [3.63, 3.8) is 0 Å². The Bertz CT molecular complexity index is 632. The fourth-order valence-electron chi connectivity index (χ4n) is 1.77. The van der Waals surface area contributed by atoms with E-state index in [1.165, 1.54) is 12.1 Å². The molecule has 102 valence electrons. The molecule has 0 heterocycles. The van der Waals surface area contributed by atoms with Gasteiger partial charge in [0.2, 0.25) is 0 Å². The summed E-state index contributed by atoms with van der Waals surface area (Å²) in [5, 5.41) is 11.8. The molecule has 0 radical (unpaired) electrons. The number of nitrogens with one attached hydrogen (secondary N) is 1. The maximum atomic E-state index is 13.7. The Hall–Kier alpha value is -2.38. The SMILES string of the molecule is CNC(C)c1ccc(Oc2ccc(C#N)cc2F)cc1. The third-order valence-electron chi connectivity index (χ3n) is 3.10. The molecule has 0 saturated heterocycles. The summed E-state index contributed by atoms with van der Waals surface area (Å²) in [5.74, 6) is 0.121. The van der Waals surface area contributed by atoms with Crippen LogP contribution >= 0.6 is 0 Å². The summed E-state index contributed by atoms with van der Waals surface area (Å²) in [4.78, 5) is 0. The second kappa shape index (κ2) is 6.18. The smallest absolute Gasteiger partial charge is 0.167 e. The predicted octanol–water partition coefficient (Wildman–Crippen LogP) is 3.77. The fourth-order valence-corrected chi connectivity index (χ4v) is 1.77. The van der Waals surface area contributed by atoms with Gasteiger partial charge in [-0.1, -0.05) is 12.1 Å². The number of nitrogens with zero attached hydrogens (tertiary/aromatic N) is 1. The first-order chi connectivity index (χ1) is 9.63. The molecular weight excluding hydrogens is 255 g/mol. The molecule has 1 unspecified atom stereocenters. The fraction of sp³-hybridized carbons (Fsp3) is 0.188. The summed E-state index contributed by atoms with van der Waals surface area (Å²) in [6.45, 7) is 2.05. The summed E-state index contributed by atoms with van der Waals surface area (Å²) in [5.41, 5.74) is 1.40. The molecule has 1 N–H and O–H groups in total. The molecule has 20 heavy (non-hydrogen) atoms. The molecule has 0 saturated carbocycles. The zero-order valence-electron chi connectivity index (χ0n) is 11.4. The Balaban J connectivity index is 2.16. The zero-order valence-corrected chi connectivity index (χ0v) is 11.4. The van der Waals surface area contributed by atoms with Crippen LogP contribution in [0.2, 0.25) is 0 Å². The van der Waals surface area contributed by atoms with Gasteiger partial charge >= 0.3 is 0 Å². The van der Waals surface area contributed by atoms with E-state index in [0.29, 0.717) is 5.75 Å². The van der Waals surface area contributed by atoms with Crippen LogP contribution in [0.5, 0.6) is 11.5 Å². The van der Waals surface area contributed by atoms with E-state index < -0.39 is 5.82 Å². The predicted molar refractivity (Wildman–Crippen MR) is 75.1 cm³/mol. The van der Waals surface area contributed by atoms with E-state index in [1.807, 2.05) is 25.2 Å². The molecule has 2 aromatic carbocycles. The molecule has 0 aliphatic rings. The largest absolute Gasteiger partial charge is 0.454 e. The van der Waals surface area contributed by atoms with Gasteiger partial charge in [-0.3, -0.25) is 0 Å². The molecule has 3 nitrogen and oxygen atoms in total. The van der Waals surface area contributed by atoms with Gasteiger partial charge < -0.3 is 10.1 Å². The van der Waals surface area contributed by atoms with Crippen LogP contribution in [0.3, 0.4) is 0 Å². The van der Waals surface area contributed by atoms with Crippen molar-refractivity contribution in [2.45, 2.75) is 13.0 Å². The van der Waals surface area contributed by atoms with E-state index in [0.717, 1.165) is 11.6 Å². The Morgan fingerprint density at radius 2 is 1.90 bits per heavy atom. The van der Waals surface area contributed by atoms with E-state index in [-0.39, 0.29) is 17.4 Å². The molecule has 4 heteroatoms. The number of rotatable bonds is 4. The second-order valence-electron chi connectivity index (χ2n) is 4.44. The van der Waals surface area contributed by atoms with Gasteiger partial charge in [-0.15, -0.1) is 0 Å². The first-order valence-corrected chi connectivity index (χ1v) is 6.28. The lowest BCUT2D eigenvalue weighted by Gasteiger charge is -2.12. The van der Waals surface area contributed by atoms with E-state index in [9.17, 15) is 4.39 Å². The first kappa shape index (κ1) is 14.0. The van der Waals surface area contributed by atoms with Gasteiger partial charge in [0.15, 0.2) is 11.6 Å². The van der Waals surface area contributed by atoms with Crippen molar-refractivity contribution < 1.29 is 9.13 Å². The van der Waals surface area contributed by atoms with Crippen LogP contribution in [-0.4, -0.2) is 7.05 Å². The minimum absolute atomic E-state index is 0.110. The molecule has 0 amide bonds. The molecule has 2 aromatic rings. The molecule has 0 aromatic heterocycles. The number of hydrogen-bond acceptors (Lipinski definition) is 3. The van der Waals surface area contributed by atoms with Gasteiger partial charge in [0.05, 0.1) is 11.6 Å². The normalized spacial score (nSPS) is 11.7. The number of hydrogen-bond donors (Lipinski definition) is 1. The van der Waals surface area contributed by atoms with Crippen LogP contribution in [0, 0.1) is 17.1 Å². The molecule has 0 fully saturated rings. The van der Waals surface area contributed by atoms with Gasteiger partial charge in [0.1, 0.15) is 5.75 Å². The number of ether oxygens (including phenoxy) is 1. The van der Waals surface area contributed by atoms with Gasteiger partial charge in [-0.05, 0) is 49.9 Å². The van der Waals surface area contributed by atoms with E-state index in [2.05, 4.69) is 12.2 Å². The highest BCUT2D eigenvalue weighted by atomic mass is 19.1. The van der Waals surface area contributed by atoms with Crippen LogP contribution in [0.4, 0.5) is 4.39 Å². The first-order valence-electron chi connectivity index (χ1n) is 6.28. The molecular formula is C16H15FN2O. The average Bonchev–Trinajstić information content (AvgIpc) is 2.49. The minimum atomic E-state index is -0.545. The van der Waals surface area contributed by atoms with Crippen molar-refractivity contribution in [1.82, 2.24) is 5.32 Å². The third kappa shape index (κ3) is 3.14. The Morgan fingerprint density at radius 1 is 1.20 bits per heavy atom. The molecule has 0 bridgehead atoms. The number of benzene rings is 2. The standard InChI is InChI=1S/C16H15FN2O/c1-11(19-2)13-4-6-14(7-5-13)20-16-8-3-12(10-18)9-15(16)17/h3-9,11,19H,1-2H3. The third-order valence-corrected chi connectivity index (χ3v) is 3.10. The average molecular weight is 270 g/mol. The van der Waals surface area contributed by atoms with Crippen molar-refractivity contribution in [3.05, 3.63) is 59.4 Å². The summed E-state index contributed by atoms with van der Waals surface area (Å²) in [7, 11) is 1.89. The lowest BCUT2D eigenvalue weighted by Crippen LogP contribution is -2.11. The summed E-state index contributed by atoms with van der Waals surface area (Å²) >= 11 is 0. The highest BCUT2D eigenvalue weighted by Gasteiger charge is 2.07. The number of nitriles is 1. The lowest BCUT2D eigenvalue weighted by molar-refractivity contribution is 0.442. The van der Waals surface area contributed by atoms with Crippen LogP contribution in [0.25, 0.3) is 0 Å². The zero-order chi connectivity index (χ0) is 14.5. The topological polar surface area (TPSA) is 45.0 Å².